The van der Waals surface area contributed by atoms with Gasteiger partial charge < -0.3 is 38.9 Å². The first-order valence-electron chi connectivity index (χ1n) is 18.6. The van der Waals surface area contributed by atoms with E-state index in [4.69, 9.17) is 35.4 Å². The van der Waals surface area contributed by atoms with Crippen LogP contribution in [0.2, 0.25) is 0 Å². The lowest BCUT2D eigenvalue weighted by Gasteiger charge is -2.59. The molecule has 1 heterocycles. The van der Waals surface area contributed by atoms with E-state index in [2.05, 4.69) is 43.8 Å². The molecule has 10 nitrogen and oxygen atoms in total. The van der Waals surface area contributed by atoms with Crippen LogP contribution in [0.15, 0.2) is 65.9 Å². The second kappa shape index (κ2) is 18.5. The number of likely N-dealkylation sites (N-methyl/N-ethyl adjacent to an activating group) is 1. The van der Waals surface area contributed by atoms with Gasteiger partial charge in [-0.05, 0) is 105 Å². The Morgan fingerprint density at radius 2 is 1.81 bits per heavy atom. The van der Waals surface area contributed by atoms with Gasteiger partial charge in [-0.15, -0.1) is 18.2 Å². The van der Waals surface area contributed by atoms with Crippen LogP contribution >= 0.6 is 11.6 Å². The third-order valence-electron chi connectivity index (χ3n) is 10.7. The number of aryl methyl sites for hydroxylation is 2. The molecule has 1 aliphatic heterocycles. The van der Waals surface area contributed by atoms with Crippen molar-refractivity contribution in [1.82, 2.24) is 4.90 Å². The molecule has 0 bridgehead atoms. The number of amides is 1. The van der Waals surface area contributed by atoms with Crippen LogP contribution in [0.3, 0.4) is 0 Å². The maximum atomic E-state index is 13.6. The molecule has 0 saturated heterocycles. The highest BCUT2D eigenvalue weighted by Gasteiger charge is 2.65. The number of fused-ring (bicyclic) bond motifs is 2. The summed E-state index contributed by atoms with van der Waals surface area (Å²) in [5.41, 5.74) is 5.02. The molecule has 2 aliphatic carbocycles. The molecule has 0 radical (unpaired) electrons. The molecule has 6 unspecified atom stereocenters. The Balaban J connectivity index is 1.74. The van der Waals surface area contributed by atoms with Crippen molar-refractivity contribution < 1.29 is 38.8 Å². The SMILES string of the molecule is C=CCOC12Oc3ccc(Oc4ccc(C)c(C)c4)cc3C3C(CCCCO)C(CCCCO)C=C(C(=NOCC)CC1N(C)C(=O)OCCCl)C32. The van der Waals surface area contributed by atoms with Crippen LogP contribution < -0.4 is 9.47 Å². The van der Waals surface area contributed by atoms with Crippen LogP contribution in [-0.2, 0) is 14.3 Å². The Bertz CT molecular complexity index is 1600. The number of alkyl halides is 1. The highest BCUT2D eigenvalue weighted by molar-refractivity contribution is 6.18. The van der Waals surface area contributed by atoms with Gasteiger partial charge in [0.1, 0.15) is 36.5 Å². The molecular weight excluding hydrogens is 684 g/mol. The van der Waals surface area contributed by atoms with E-state index in [0.29, 0.717) is 37.4 Å². The average Bonchev–Trinajstić information content (AvgIpc) is 3.14. The van der Waals surface area contributed by atoms with E-state index in [0.717, 1.165) is 53.8 Å². The molecule has 1 amide bonds. The number of hydrogen-bond acceptors (Lipinski definition) is 9. The van der Waals surface area contributed by atoms with E-state index in [9.17, 15) is 15.0 Å². The Labute approximate surface area is 313 Å². The molecule has 5 rings (SSSR count). The number of benzene rings is 2. The summed E-state index contributed by atoms with van der Waals surface area (Å²) in [6, 6.07) is 11.3. The van der Waals surface area contributed by atoms with Crippen LogP contribution in [0, 0.1) is 31.6 Å². The number of hydrogen-bond donors (Lipinski definition) is 2. The summed E-state index contributed by atoms with van der Waals surface area (Å²) >= 11 is 5.91. The summed E-state index contributed by atoms with van der Waals surface area (Å²) in [4.78, 5) is 20.9. The van der Waals surface area contributed by atoms with Gasteiger partial charge in [0, 0.05) is 38.2 Å². The zero-order valence-corrected chi connectivity index (χ0v) is 31.8. The van der Waals surface area contributed by atoms with Crippen molar-refractivity contribution in [1.29, 1.82) is 0 Å². The molecule has 0 spiro atoms. The van der Waals surface area contributed by atoms with Crippen molar-refractivity contribution in [3.63, 3.8) is 0 Å². The molecule has 0 aromatic heterocycles. The maximum absolute atomic E-state index is 13.6. The zero-order valence-electron chi connectivity index (χ0n) is 31.0. The minimum Gasteiger partial charge on any atom is -0.459 e. The highest BCUT2D eigenvalue weighted by atomic mass is 35.5. The predicted octanol–water partition coefficient (Wildman–Crippen LogP) is 8.06. The number of allylic oxidation sites excluding steroid dienone is 1. The standard InChI is InChI=1S/C41H55ClN2O8/c1-6-21-49-41-37(44(5)40(47)48-22-18-42)26-35(43-50-7-2)33-24-29(12-8-10-19-45)32(13-9-11-20-46)38(39(33)41)34-25-31(16-17-36(34)52-41)51-30-15-14-27(3)28(4)23-30/h6,14-17,23-25,29,32,37-39,45-46H,1,7-13,18-22,26H2,2-5H3. The summed E-state index contributed by atoms with van der Waals surface area (Å²) in [5, 5.41) is 24.2. The van der Waals surface area contributed by atoms with Gasteiger partial charge >= 0.3 is 6.09 Å². The van der Waals surface area contributed by atoms with Crippen molar-refractivity contribution in [2.45, 2.75) is 83.5 Å². The second-order valence-electron chi connectivity index (χ2n) is 14.0. The molecule has 1 saturated carbocycles. The Morgan fingerprint density at radius 3 is 2.50 bits per heavy atom. The summed E-state index contributed by atoms with van der Waals surface area (Å²) in [6.07, 6.45) is 8.52. The minimum atomic E-state index is -1.35. The van der Waals surface area contributed by atoms with Gasteiger partial charge in [0.25, 0.3) is 0 Å². The van der Waals surface area contributed by atoms with Crippen LogP contribution in [0.25, 0.3) is 0 Å². The predicted molar refractivity (Wildman–Crippen MR) is 202 cm³/mol. The van der Waals surface area contributed by atoms with E-state index in [-0.39, 0.29) is 50.1 Å². The fourth-order valence-corrected chi connectivity index (χ4v) is 8.28. The number of ether oxygens (including phenoxy) is 4. The Morgan fingerprint density at radius 1 is 1.08 bits per heavy atom. The lowest BCUT2D eigenvalue weighted by molar-refractivity contribution is -0.253. The van der Waals surface area contributed by atoms with Crippen molar-refractivity contribution in [3.8, 4) is 17.2 Å². The molecule has 1 fully saturated rings. The van der Waals surface area contributed by atoms with Gasteiger partial charge in [0.15, 0.2) is 0 Å². The van der Waals surface area contributed by atoms with Crippen LogP contribution in [0.5, 0.6) is 17.2 Å². The molecule has 2 aromatic rings. The number of carbonyl (C=O) groups excluding carboxylic acids is 1. The number of unbranched alkanes of at least 4 members (excludes halogenated alkanes) is 2. The molecule has 2 N–H and O–H groups in total. The third kappa shape index (κ3) is 8.46. The monoisotopic (exact) mass is 738 g/mol. The molecule has 6 atom stereocenters. The van der Waals surface area contributed by atoms with E-state index in [1.54, 1.807) is 18.0 Å². The number of halogens is 1. The van der Waals surface area contributed by atoms with E-state index < -0.39 is 23.8 Å². The van der Waals surface area contributed by atoms with Crippen molar-refractivity contribution in [3.05, 3.63) is 77.4 Å². The Kier molecular flexibility index (Phi) is 14.1. The molecule has 3 aliphatic rings. The zero-order chi connectivity index (χ0) is 37.3. The van der Waals surface area contributed by atoms with Gasteiger partial charge in [-0.1, -0.05) is 36.2 Å². The number of rotatable bonds is 18. The second-order valence-corrected chi connectivity index (χ2v) is 14.3. The van der Waals surface area contributed by atoms with Gasteiger partial charge in [-0.2, -0.15) is 0 Å². The topological polar surface area (TPSA) is 119 Å². The number of aliphatic hydroxyl groups excluding tert-OH is 2. The fourth-order valence-electron chi connectivity index (χ4n) is 8.20. The molecule has 52 heavy (non-hydrogen) atoms. The van der Waals surface area contributed by atoms with Crippen LogP contribution in [-0.4, -0.2) is 84.7 Å². The maximum Gasteiger partial charge on any atom is 0.410 e. The largest absolute Gasteiger partial charge is 0.459 e. The first kappa shape index (κ1) is 39.6. The molecular formula is C41H55ClN2O8. The molecule has 284 valence electrons. The summed E-state index contributed by atoms with van der Waals surface area (Å²) in [5.74, 6) is 0.565. The van der Waals surface area contributed by atoms with Gasteiger partial charge in [-0.3, -0.25) is 0 Å². The summed E-state index contributed by atoms with van der Waals surface area (Å²) in [6.45, 7) is 10.8. The summed E-state index contributed by atoms with van der Waals surface area (Å²) in [7, 11) is 1.70. The van der Waals surface area contributed by atoms with Crippen molar-refractivity contribution in [2.75, 3.05) is 46.0 Å². The van der Waals surface area contributed by atoms with Gasteiger partial charge in [0.05, 0.1) is 24.1 Å². The number of aliphatic hydroxyl groups is 2. The van der Waals surface area contributed by atoms with Gasteiger partial charge in [-0.25, -0.2) is 4.79 Å². The molecule has 2 aromatic carbocycles. The van der Waals surface area contributed by atoms with Crippen LogP contribution in [0.4, 0.5) is 4.79 Å². The first-order valence-corrected chi connectivity index (χ1v) is 19.2. The average molecular weight is 739 g/mol. The van der Waals surface area contributed by atoms with Gasteiger partial charge in [0.2, 0.25) is 5.79 Å². The van der Waals surface area contributed by atoms with Crippen LogP contribution in [0.1, 0.15) is 74.5 Å². The lowest BCUT2D eigenvalue weighted by Crippen LogP contribution is -2.69. The van der Waals surface area contributed by atoms with E-state index in [1.165, 1.54) is 5.56 Å². The number of oxime groups is 1. The number of nitrogens with zero attached hydrogens (tertiary/aromatic N) is 2. The highest BCUT2D eigenvalue weighted by Crippen LogP contribution is 2.62. The van der Waals surface area contributed by atoms with E-state index in [1.807, 2.05) is 31.2 Å². The third-order valence-corrected chi connectivity index (χ3v) is 10.9. The summed E-state index contributed by atoms with van der Waals surface area (Å²) < 4.78 is 26.0. The van der Waals surface area contributed by atoms with E-state index >= 15 is 0 Å². The van der Waals surface area contributed by atoms with Crippen molar-refractivity contribution >= 4 is 23.4 Å². The minimum absolute atomic E-state index is 0.0600. The molecule has 11 heteroatoms. The normalized spacial score (nSPS) is 25.3. The number of carbonyl (C=O) groups is 1. The lowest BCUT2D eigenvalue weighted by atomic mass is 9.55. The Hall–Kier alpha value is -3.57. The fraction of sp³-hybridized carbons (Fsp3) is 0.561. The smallest absolute Gasteiger partial charge is 0.410 e. The van der Waals surface area contributed by atoms with Crippen molar-refractivity contribution in [2.24, 2.45) is 22.9 Å². The quantitative estimate of drug-likeness (QED) is 0.0683. The first-order chi connectivity index (χ1) is 25.2.